The summed E-state index contributed by atoms with van der Waals surface area (Å²) in [6, 6.07) is 7.83. The third-order valence-electron chi connectivity index (χ3n) is 5.05. The van der Waals surface area contributed by atoms with E-state index >= 15 is 0 Å². The second-order valence-electron chi connectivity index (χ2n) is 8.30. The molecule has 1 aromatic rings. The Morgan fingerprint density at radius 2 is 2.04 bits per heavy atom. The average Bonchev–Trinajstić information content (AvgIpc) is 2.55. The van der Waals surface area contributed by atoms with Gasteiger partial charge < -0.3 is 20.2 Å². The van der Waals surface area contributed by atoms with Gasteiger partial charge in [0.15, 0.2) is 0 Å². The first-order valence-corrected chi connectivity index (χ1v) is 9.14. The Kier molecular flexibility index (Phi) is 6.47. The number of hydrogen-bond acceptors (Lipinski definition) is 3. The molecule has 0 fully saturated rings. The van der Waals surface area contributed by atoms with Crippen molar-refractivity contribution >= 4 is 6.03 Å². The van der Waals surface area contributed by atoms with Crippen LogP contribution in [0.1, 0.15) is 44.4 Å². The Hall–Kier alpha value is -1.59. The van der Waals surface area contributed by atoms with Gasteiger partial charge in [0, 0.05) is 12.6 Å². The van der Waals surface area contributed by atoms with Crippen LogP contribution < -0.4 is 5.32 Å². The number of aliphatic hydroxyl groups excluding tert-OH is 1. The lowest BCUT2D eigenvalue weighted by Crippen LogP contribution is -2.53. The van der Waals surface area contributed by atoms with E-state index in [0.29, 0.717) is 6.54 Å². The first-order chi connectivity index (χ1) is 11.7. The summed E-state index contributed by atoms with van der Waals surface area (Å²) in [4.78, 5) is 16.9. The number of hydrogen-bond donors (Lipinski definition) is 2. The molecule has 5 nitrogen and oxygen atoms in total. The SMILES string of the molecule is CN(C)CCC(NC(=O)N1CCc2ccccc2C1CO)C(C)(C)C. The van der Waals surface area contributed by atoms with Crippen molar-refractivity contribution in [3.63, 3.8) is 0 Å². The molecule has 2 rings (SSSR count). The predicted octanol–water partition coefficient (Wildman–Crippen LogP) is 2.65. The van der Waals surface area contributed by atoms with E-state index in [1.807, 2.05) is 32.3 Å². The predicted molar refractivity (Wildman–Crippen MR) is 102 cm³/mol. The van der Waals surface area contributed by atoms with E-state index in [1.54, 1.807) is 4.90 Å². The zero-order valence-electron chi connectivity index (χ0n) is 16.2. The summed E-state index contributed by atoms with van der Waals surface area (Å²) in [6.45, 7) is 7.98. The number of urea groups is 1. The molecule has 2 N–H and O–H groups in total. The van der Waals surface area contributed by atoms with Gasteiger partial charge in [0.05, 0.1) is 12.6 Å². The lowest BCUT2D eigenvalue weighted by Gasteiger charge is -2.39. The number of nitrogens with one attached hydrogen (secondary N) is 1. The fourth-order valence-electron chi connectivity index (χ4n) is 3.43. The summed E-state index contributed by atoms with van der Waals surface area (Å²) in [6.07, 6.45) is 1.73. The fraction of sp³-hybridized carbons (Fsp3) is 0.650. The summed E-state index contributed by atoms with van der Waals surface area (Å²) in [5.74, 6) is 0. The Morgan fingerprint density at radius 1 is 1.36 bits per heavy atom. The van der Waals surface area contributed by atoms with E-state index in [0.717, 1.165) is 24.9 Å². The van der Waals surface area contributed by atoms with Gasteiger partial charge in [0.2, 0.25) is 0 Å². The van der Waals surface area contributed by atoms with E-state index in [-0.39, 0.29) is 30.1 Å². The molecule has 0 aliphatic carbocycles. The number of carbonyl (C=O) groups excluding carboxylic acids is 1. The van der Waals surface area contributed by atoms with Crippen molar-refractivity contribution in [3.05, 3.63) is 35.4 Å². The molecule has 1 aliphatic rings. The van der Waals surface area contributed by atoms with Crippen LogP contribution >= 0.6 is 0 Å². The average molecular weight is 348 g/mol. The third kappa shape index (κ3) is 4.95. The largest absolute Gasteiger partial charge is 0.394 e. The monoisotopic (exact) mass is 347 g/mol. The van der Waals surface area contributed by atoms with Gasteiger partial charge in [0.1, 0.15) is 0 Å². The molecule has 25 heavy (non-hydrogen) atoms. The minimum absolute atomic E-state index is 0.0198. The molecule has 2 atom stereocenters. The number of aliphatic hydroxyl groups is 1. The number of carbonyl (C=O) groups is 1. The van der Waals surface area contributed by atoms with Gasteiger partial charge in [0.25, 0.3) is 0 Å². The van der Waals surface area contributed by atoms with E-state index in [2.05, 4.69) is 37.1 Å². The molecular weight excluding hydrogens is 314 g/mol. The van der Waals surface area contributed by atoms with Crippen molar-refractivity contribution in [1.29, 1.82) is 0 Å². The van der Waals surface area contributed by atoms with Gasteiger partial charge in [-0.1, -0.05) is 45.0 Å². The molecule has 0 saturated carbocycles. The maximum atomic E-state index is 13.0. The first-order valence-electron chi connectivity index (χ1n) is 9.14. The molecule has 0 spiro atoms. The summed E-state index contributed by atoms with van der Waals surface area (Å²) in [5.41, 5.74) is 2.27. The molecule has 0 bridgehead atoms. The zero-order chi connectivity index (χ0) is 18.6. The Bertz CT molecular complexity index is 581. The Balaban J connectivity index is 2.13. The Morgan fingerprint density at radius 3 is 2.64 bits per heavy atom. The molecule has 0 aromatic heterocycles. The maximum Gasteiger partial charge on any atom is 0.318 e. The normalized spacial score (nSPS) is 18.8. The zero-order valence-corrected chi connectivity index (χ0v) is 16.2. The molecule has 1 aliphatic heterocycles. The number of nitrogens with zero attached hydrogens (tertiary/aromatic N) is 2. The van der Waals surface area contributed by atoms with Crippen molar-refractivity contribution in [2.75, 3.05) is 33.8 Å². The van der Waals surface area contributed by atoms with Gasteiger partial charge in [-0.15, -0.1) is 0 Å². The van der Waals surface area contributed by atoms with Crippen molar-refractivity contribution in [2.45, 2.75) is 45.7 Å². The highest BCUT2D eigenvalue weighted by atomic mass is 16.3. The van der Waals surface area contributed by atoms with E-state index < -0.39 is 0 Å². The lowest BCUT2D eigenvalue weighted by atomic mass is 9.84. The van der Waals surface area contributed by atoms with E-state index in [1.165, 1.54) is 5.56 Å². The standard InChI is InChI=1S/C20H33N3O2/c1-20(2,3)18(11-12-22(4)5)21-19(25)23-13-10-15-8-6-7-9-16(15)17(23)14-24/h6-9,17-18,24H,10-14H2,1-5H3,(H,21,25). The van der Waals surface area contributed by atoms with Crippen molar-refractivity contribution in [2.24, 2.45) is 5.41 Å². The second-order valence-corrected chi connectivity index (χ2v) is 8.30. The van der Waals surface area contributed by atoms with Crippen molar-refractivity contribution < 1.29 is 9.90 Å². The van der Waals surface area contributed by atoms with Crippen LogP contribution in [0.5, 0.6) is 0 Å². The van der Waals surface area contributed by atoms with Crippen molar-refractivity contribution in [1.82, 2.24) is 15.1 Å². The molecule has 0 saturated heterocycles. The maximum absolute atomic E-state index is 13.0. The van der Waals surface area contributed by atoms with Crippen LogP contribution in [0.2, 0.25) is 0 Å². The third-order valence-corrected chi connectivity index (χ3v) is 5.05. The highest BCUT2D eigenvalue weighted by Crippen LogP contribution is 2.30. The van der Waals surface area contributed by atoms with Gasteiger partial charge in [-0.05, 0) is 50.0 Å². The van der Waals surface area contributed by atoms with Gasteiger partial charge in [-0.2, -0.15) is 0 Å². The van der Waals surface area contributed by atoms with Crippen LogP contribution in [-0.4, -0.2) is 60.8 Å². The number of fused-ring (bicyclic) bond motifs is 1. The van der Waals surface area contributed by atoms with Crippen LogP contribution in [0.4, 0.5) is 4.79 Å². The van der Waals surface area contributed by atoms with Crippen LogP contribution in [0.3, 0.4) is 0 Å². The van der Waals surface area contributed by atoms with Gasteiger partial charge >= 0.3 is 6.03 Å². The summed E-state index contributed by atoms with van der Waals surface area (Å²) >= 11 is 0. The van der Waals surface area contributed by atoms with Gasteiger partial charge in [-0.25, -0.2) is 4.79 Å². The van der Waals surface area contributed by atoms with Crippen molar-refractivity contribution in [3.8, 4) is 0 Å². The summed E-state index contributed by atoms with van der Waals surface area (Å²) in [5, 5.41) is 13.1. The molecule has 2 amide bonds. The molecule has 1 aromatic carbocycles. The fourth-order valence-corrected chi connectivity index (χ4v) is 3.43. The van der Waals surface area contributed by atoms with E-state index in [9.17, 15) is 9.90 Å². The molecule has 140 valence electrons. The van der Waals surface area contributed by atoms with E-state index in [4.69, 9.17) is 0 Å². The lowest BCUT2D eigenvalue weighted by molar-refractivity contribution is 0.118. The van der Waals surface area contributed by atoms with Crippen LogP contribution in [0.25, 0.3) is 0 Å². The van der Waals surface area contributed by atoms with Gasteiger partial charge in [-0.3, -0.25) is 0 Å². The minimum Gasteiger partial charge on any atom is -0.394 e. The smallest absolute Gasteiger partial charge is 0.318 e. The minimum atomic E-state index is -0.264. The molecule has 2 unspecified atom stereocenters. The molecule has 0 radical (unpaired) electrons. The van der Waals surface area contributed by atoms with Crippen LogP contribution in [0, 0.1) is 5.41 Å². The number of benzene rings is 1. The molecule has 5 heteroatoms. The van der Waals surface area contributed by atoms with Crippen LogP contribution in [0.15, 0.2) is 24.3 Å². The number of rotatable bonds is 5. The molecule has 1 heterocycles. The Labute approximate surface area is 152 Å². The first kappa shape index (κ1) is 19.7. The quantitative estimate of drug-likeness (QED) is 0.861. The summed E-state index contributed by atoms with van der Waals surface area (Å²) in [7, 11) is 4.09. The number of amides is 2. The summed E-state index contributed by atoms with van der Waals surface area (Å²) < 4.78 is 0. The second kappa shape index (κ2) is 8.19. The highest BCUT2D eigenvalue weighted by molar-refractivity contribution is 5.75. The van der Waals surface area contributed by atoms with Crippen LogP contribution in [-0.2, 0) is 6.42 Å². The highest BCUT2D eigenvalue weighted by Gasteiger charge is 2.33. The molecular formula is C20H33N3O2. The topological polar surface area (TPSA) is 55.8 Å².